The topological polar surface area (TPSA) is 37.8 Å². The summed E-state index contributed by atoms with van der Waals surface area (Å²) < 4.78 is 14.2. The van der Waals surface area contributed by atoms with Gasteiger partial charge in [0.25, 0.3) is 5.56 Å². The smallest absolute Gasteiger partial charge is 0.274 e. The fourth-order valence-electron chi connectivity index (χ4n) is 1.85. The van der Waals surface area contributed by atoms with Gasteiger partial charge in [0.2, 0.25) is 0 Å². The van der Waals surface area contributed by atoms with Gasteiger partial charge in [-0.15, -0.1) is 0 Å². The standard InChI is InChI=1S/C12H11FN2O/c13-9-3-5-10(6-4-9)15-12(16)11(7-14-15)8-1-2-8/h3-8,14H,1-2H2. The highest BCUT2D eigenvalue weighted by Gasteiger charge is 2.27. The van der Waals surface area contributed by atoms with Gasteiger partial charge in [0.15, 0.2) is 0 Å². The first-order valence-corrected chi connectivity index (χ1v) is 5.32. The van der Waals surface area contributed by atoms with Crippen LogP contribution < -0.4 is 5.56 Å². The van der Waals surface area contributed by atoms with Crippen molar-refractivity contribution in [1.82, 2.24) is 9.78 Å². The van der Waals surface area contributed by atoms with Crippen LogP contribution >= 0.6 is 0 Å². The highest BCUT2D eigenvalue weighted by Crippen LogP contribution is 2.38. The Morgan fingerprint density at radius 3 is 2.56 bits per heavy atom. The van der Waals surface area contributed by atoms with Gasteiger partial charge in [-0.2, -0.15) is 0 Å². The van der Waals surface area contributed by atoms with Crippen LogP contribution in [0.5, 0.6) is 0 Å². The fraction of sp³-hybridized carbons (Fsp3) is 0.250. The Morgan fingerprint density at radius 2 is 1.94 bits per heavy atom. The van der Waals surface area contributed by atoms with Crippen LogP contribution in [0.25, 0.3) is 5.69 Å². The zero-order valence-electron chi connectivity index (χ0n) is 8.61. The molecular formula is C12H11FN2O. The molecule has 1 saturated carbocycles. The highest BCUT2D eigenvalue weighted by molar-refractivity contribution is 5.32. The summed E-state index contributed by atoms with van der Waals surface area (Å²) in [7, 11) is 0. The van der Waals surface area contributed by atoms with Crippen molar-refractivity contribution in [2.75, 3.05) is 0 Å². The number of aromatic amines is 1. The highest BCUT2D eigenvalue weighted by atomic mass is 19.1. The molecule has 0 atom stereocenters. The number of aromatic nitrogens is 2. The molecule has 1 aliphatic carbocycles. The lowest BCUT2D eigenvalue weighted by molar-refractivity contribution is 0.627. The summed E-state index contributed by atoms with van der Waals surface area (Å²) in [5.41, 5.74) is 1.48. The maximum Gasteiger partial charge on any atom is 0.274 e. The lowest BCUT2D eigenvalue weighted by atomic mass is 10.2. The van der Waals surface area contributed by atoms with Crippen LogP contribution in [0.15, 0.2) is 35.3 Å². The Balaban J connectivity index is 2.06. The number of halogens is 1. The average molecular weight is 218 g/mol. The van der Waals surface area contributed by atoms with E-state index in [0.717, 1.165) is 18.4 Å². The molecule has 1 aliphatic rings. The lowest BCUT2D eigenvalue weighted by Crippen LogP contribution is -2.16. The third kappa shape index (κ3) is 1.46. The van der Waals surface area contributed by atoms with Gasteiger partial charge in [0.1, 0.15) is 5.82 Å². The van der Waals surface area contributed by atoms with E-state index in [0.29, 0.717) is 11.6 Å². The normalized spacial score (nSPS) is 15.3. The summed E-state index contributed by atoms with van der Waals surface area (Å²) in [4.78, 5) is 12.0. The van der Waals surface area contributed by atoms with Gasteiger partial charge in [-0.1, -0.05) is 0 Å². The molecule has 0 amide bonds. The van der Waals surface area contributed by atoms with Gasteiger partial charge >= 0.3 is 0 Å². The van der Waals surface area contributed by atoms with E-state index in [9.17, 15) is 9.18 Å². The summed E-state index contributed by atoms with van der Waals surface area (Å²) in [6.07, 6.45) is 3.94. The van der Waals surface area contributed by atoms with E-state index in [1.807, 2.05) is 0 Å². The van der Waals surface area contributed by atoms with Crippen molar-refractivity contribution in [2.45, 2.75) is 18.8 Å². The molecule has 0 bridgehead atoms. The van der Waals surface area contributed by atoms with Crippen molar-refractivity contribution in [3.63, 3.8) is 0 Å². The molecule has 4 heteroatoms. The molecule has 2 aromatic rings. The second-order valence-electron chi connectivity index (χ2n) is 4.12. The molecule has 16 heavy (non-hydrogen) atoms. The number of rotatable bonds is 2. The molecule has 0 aliphatic heterocycles. The minimum absolute atomic E-state index is 0.0193. The van der Waals surface area contributed by atoms with E-state index in [1.165, 1.54) is 16.8 Å². The molecule has 1 aromatic heterocycles. The van der Waals surface area contributed by atoms with Crippen LogP contribution in [0, 0.1) is 5.82 Å². The number of H-pyrrole nitrogens is 1. The Labute approximate surface area is 91.5 Å². The number of nitrogens with one attached hydrogen (secondary N) is 1. The second-order valence-corrected chi connectivity index (χ2v) is 4.12. The molecule has 3 nitrogen and oxygen atoms in total. The first-order valence-electron chi connectivity index (χ1n) is 5.32. The summed E-state index contributed by atoms with van der Waals surface area (Å²) in [5.74, 6) is 0.121. The Hall–Kier alpha value is -1.84. The van der Waals surface area contributed by atoms with Gasteiger partial charge < -0.3 is 0 Å². The quantitative estimate of drug-likeness (QED) is 0.824. The van der Waals surface area contributed by atoms with Crippen molar-refractivity contribution in [1.29, 1.82) is 0 Å². The Bertz CT molecular complexity index is 563. The molecule has 0 spiro atoms. The summed E-state index contributed by atoms with van der Waals surface area (Å²) in [5, 5.41) is 2.91. The van der Waals surface area contributed by atoms with Gasteiger partial charge in [-0.05, 0) is 43.0 Å². The fourth-order valence-corrected chi connectivity index (χ4v) is 1.85. The van der Waals surface area contributed by atoms with Crippen LogP contribution in [-0.2, 0) is 0 Å². The van der Waals surface area contributed by atoms with E-state index in [2.05, 4.69) is 5.10 Å². The van der Waals surface area contributed by atoms with E-state index in [1.54, 1.807) is 18.3 Å². The SMILES string of the molecule is O=c1c(C2CC2)c[nH]n1-c1ccc(F)cc1. The van der Waals surface area contributed by atoms with Crippen molar-refractivity contribution < 1.29 is 4.39 Å². The predicted octanol–water partition coefficient (Wildman–Crippen LogP) is 2.18. The second kappa shape index (κ2) is 3.33. The molecule has 0 radical (unpaired) electrons. The van der Waals surface area contributed by atoms with Crippen LogP contribution in [0.2, 0.25) is 0 Å². The summed E-state index contributed by atoms with van der Waals surface area (Å²) in [6, 6.07) is 5.87. The first kappa shape index (κ1) is 9.39. The zero-order chi connectivity index (χ0) is 11.1. The van der Waals surface area contributed by atoms with Gasteiger partial charge in [-0.25, -0.2) is 9.07 Å². The summed E-state index contributed by atoms with van der Waals surface area (Å²) in [6.45, 7) is 0. The van der Waals surface area contributed by atoms with Crippen molar-refractivity contribution >= 4 is 0 Å². The number of benzene rings is 1. The predicted molar refractivity (Wildman–Crippen MR) is 58.3 cm³/mol. The Morgan fingerprint density at radius 1 is 1.25 bits per heavy atom. The lowest BCUT2D eigenvalue weighted by Gasteiger charge is -2.00. The van der Waals surface area contributed by atoms with Gasteiger partial charge in [0, 0.05) is 11.8 Å². The van der Waals surface area contributed by atoms with E-state index >= 15 is 0 Å². The minimum Gasteiger partial charge on any atom is -0.298 e. The van der Waals surface area contributed by atoms with Crippen LogP contribution in [0.1, 0.15) is 24.3 Å². The van der Waals surface area contributed by atoms with E-state index in [4.69, 9.17) is 0 Å². The van der Waals surface area contributed by atoms with Crippen LogP contribution in [0.3, 0.4) is 0 Å². The zero-order valence-corrected chi connectivity index (χ0v) is 8.61. The first-order chi connectivity index (χ1) is 7.75. The largest absolute Gasteiger partial charge is 0.298 e. The van der Waals surface area contributed by atoms with E-state index < -0.39 is 0 Å². The summed E-state index contributed by atoms with van der Waals surface area (Å²) >= 11 is 0. The molecule has 82 valence electrons. The monoisotopic (exact) mass is 218 g/mol. The van der Waals surface area contributed by atoms with Crippen LogP contribution in [0.4, 0.5) is 4.39 Å². The number of hydrogen-bond acceptors (Lipinski definition) is 1. The molecule has 1 fully saturated rings. The third-order valence-corrected chi connectivity index (χ3v) is 2.90. The minimum atomic E-state index is -0.300. The third-order valence-electron chi connectivity index (χ3n) is 2.90. The average Bonchev–Trinajstić information content (AvgIpc) is 3.05. The molecule has 1 heterocycles. The number of hydrogen-bond donors (Lipinski definition) is 1. The molecule has 1 aromatic carbocycles. The van der Waals surface area contributed by atoms with E-state index in [-0.39, 0.29) is 11.4 Å². The van der Waals surface area contributed by atoms with Crippen molar-refractivity contribution in [2.24, 2.45) is 0 Å². The molecule has 0 unspecified atom stereocenters. The van der Waals surface area contributed by atoms with Gasteiger partial charge in [-0.3, -0.25) is 9.89 Å². The number of nitrogens with zero attached hydrogens (tertiary/aromatic N) is 1. The van der Waals surface area contributed by atoms with Crippen molar-refractivity contribution in [3.8, 4) is 5.69 Å². The molecule has 3 rings (SSSR count). The molecular weight excluding hydrogens is 207 g/mol. The molecule has 0 saturated heterocycles. The van der Waals surface area contributed by atoms with Gasteiger partial charge in [0.05, 0.1) is 5.69 Å². The molecule has 1 N–H and O–H groups in total. The maximum atomic E-state index is 12.7. The van der Waals surface area contributed by atoms with Crippen LogP contribution in [-0.4, -0.2) is 9.78 Å². The Kier molecular flexibility index (Phi) is 1.96. The maximum absolute atomic E-state index is 12.7. The van der Waals surface area contributed by atoms with Crippen molar-refractivity contribution in [3.05, 3.63) is 52.2 Å².